The normalized spacial score (nSPS) is 15.2. The number of non-ortho nitro benzene ring substituents is 1. The SMILES string of the molecule is O=C(Nc1cccc([N+](=O)[O-])c1)c1ccc2c(c1)CC(c1ccccc1)OC2=O. The molecule has 1 amide bonds. The summed E-state index contributed by atoms with van der Waals surface area (Å²) in [5, 5.41) is 13.6. The lowest BCUT2D eigenvalue weighted by Crippen LogP contribution is -2.23. The van der Waals surface area contributed by atoms with Crippen molar-refractivity contribution >= 4 is 23.3 Å². The Balaban J connectivity index is 1.58. The van der Waals surface area contributed by atoms with Crippen LogP contribution in [0.1, 0.15) is 37.9 Å². The summed E-state index contributed by atoms with van der Waals surface area (Å²) in [6.45, 7) is 0. The number of carbonyl (C=O) groups excluding carboxylic acids is 2. The van der Waals surface area contributed by atoms with Crippen LogP contribution in [0.2, 0.25) is 0 Å². The first-order valence-electron chi connectivity index (χ1n) is 8.96. The Bertz CT molecular complexity index is 1110. The summed E-state index contributed by atoms with van der Waals surface area (Å²) in [5.74, 6) is -0.839. The minimum absolute atomic E-state index is 0.110. The van der Waals surface area contributed by atoms with E-state index in [0.717, 1.165) is 11.1 Å². The number of rotatable bonds is 4. The molecule has 7 nitrogen and oxygen atoms in total. The summed E-state index contributed by atoms with van der Waals surface area (Å²) in [6, 6.07) is 19.9. The number of anilines is 1. The van der Waals surface area contributed by atoms with Gasteiger partial charge in [-0.3, -0.25) is 14.9 Å². The number of nitro groups is 1. The molecule has 0 aromatic heterocycles. The molecule has 144 valence electrons. The second-order valence-corrected chi connectivity index (χ2v) is 6.64. The van der Waals surface area contributed by atoms with Crippen molar-refractivity contribution < 1.29 is 19.2 Å². The lowest BCUT2D eigenvalue weighted by Gasteiger charge is -2.25. The highest BCUT2D eigenvalue weighted by atomic mass is 16.6. The van der Waals surface area contributed by atoms with E-state index in [-0.39, 0.29) is 5.69 Å². The molecular weight excluding hydrogens is 372 g/mol. The van der Waals surface area contributed by atoms with Crippen molar-refractivity contribution in [3.05, 3.63) is 105 Å². The van der Waals surface area contributed by atoms with E-state index >= 15 is 0 Å². The summed E-state index contributed by atoms with van der Waals surface area (Å²) in [4.78, 5) is 35.3. The molecule has 1 aliphatic heterocycles. The average molecular weight is 388 g/mol. The summed E-state index contributed by atoms with van der Waals surface area (Å²) in [6.07, 6.45) is 0.0505. The van der Waals surface area contributed by atoms with Crippen molar-refractivity contribution in [1.29, 1.82) is 0 Å². The van der Waals surface area contributed by atoms with Gasteiger partial charge in [0.1, 0.15) is 6.10 Å². The number of fused-ring (bicyclic) bond motifs is 1. The lowest BCUT2D eigenvalue weighted by atomic mass is 9.93. The molecule has 1 aliphatic rings. The fraction of sp³-hybridized carbons (Fsp3) is 0.0909. The quantitative estimate of drug-likeness (QED) is 0.408. The predicted octanol–water partition coefficient (Wildman–Crippen LogP) is 4.30. The molecule has 0 saturated carbocycles. The van der Waals surface area contributed by atoms with Gasteiger partial charge in [-0.15, -0.1) is 0 Å². The molecule has 1 atom stereocenters. The Morgan fingerprint density at radius 1 is 1.03 bits per heavy atom. The number of benzene rings is 3. The van der Waals surface area contributed by atoms with Crippen LogP contribution < -0.4 is 5.32 Å². The fourth-order valence-corrected chi connectivity index (χ4v) is 3.29. The summed E-state index contributed by atoms with van der Waals surface area (Å²) in [7, 11) is 0. The second kappa shape index (κ2) is 7.55. The Morgan fingerprint density at radius 3 is 2.59 bits per heavy atom. The summed E-state index contributed by atoms with van der Waals surface area (Å²) >= 11 is 0. The minimum Gasteiger partial charge on any atom is -0.454 e. The first-order valence-corrected chi connectivity index (χ1v) is 8.96. The van der Waals surface area contributed by atoms with Crippen molar-refractivity contribution in [2.24, 2.45) is 0 Å². The summed E-state index contributed by atoms with van der Waals surface area (Å²) in [5.41, 5.74) is 2.62. The van der Waals surface area contributed by atoms with E-state index in [1.165, 1.54) is 24.3 Å². The molecule has 3 aromatic rings. The molecule has 1 N–H and O–H groups in total. The molecule has 0 radical (unpaired) electrons. The van der Waals surface area contributed by atoms with Gasteiger partial charge in [0.05, 0.1) is 10.5 Å². The maximum atomic E-state index is 12.6. The highest BCUT2D eigenvalue weighted by Gasteiger charge is 2.28. The van der Waals surface area contributed by atoms with Gasteiger partial charge in [0.15, 0.2) is 0 Å². The molecule has 1 heterocycles. The molecule has 0 bridgehead atoms. The molecule has 1 unspecified atom stereocenters. The van der Waals surface area contributed by atoms with Gasteiger partial charge in [0, 0.05) is 29.8 Å². The van der Waals surface area contributed by atoms with Crippen LogP contribution in [0.3, 0.4) is 0 Å². The van der Waals surface area contributed by atoms with E-state index in [2.05, 4.69) is 5.32 Å². The second-order valence-electron chi connectivity index (χ2n) is 6.64. The molecule has 3 aromatic carbocycles. The molecular formula is C22H16N2O5. The third-order valence-electron chi connectivity index (χ3n) is 4.73. The molecule has 0 fully saturated rings. The van der Waals surface area contributed by atoms with Crippen LogP contribution in [-0.2, 0) is 11.2 Å². The van der Waals surface area contributed by atoms with Gasteiger partial charge in [-0.25, -0.2) is 4.79 Å². The molecule has 0 spiro atoms. The number of esters is 1. The zero-order valence-electron chi connectivity index (χ0n) is 15.2. The van der Waals surface area contributed by atoms with E-state index in [1.54, 1.807) is 18.2 Å². The Hall–Kier alpha value is -4.00. The van der Waals surface area contributed by atoms with Gasteiger partial charge in [0.25, 0.3) is 11.6 Å². The number of cyclic esters (lactones) is 1. The van der Waals surface area contributed by atoms with E-state index in [0.29, 0.717) is 23.2 Å². The highest BCUT2D eigenvalue weighted by molar-refractivity contribution is 6.05. The third-order valence-corrected chi connectivity index (χ3v) is 4.73. The van der Waals surface area contributed by atoms with Gasteiger partial charge in [-0.2, -0.15) is 0 Å². The maximum Gasteiger partial charge on any atom is 0.339 e. The number of amides is 1. The fourth-order valence-electron chi connectivity index (χ4n) is 3.29. The number of nitrogens with zero attached hydrogens (tertiary/aromatic N) is 1. The monoisotopic (exact) mass is 388 g/mol. The van der Waals surface area contributed by atoms with Gasteiger partial charge in [-0.05, 0) is 35.4 Å². The van der Waals surface area contributed by atoms with Gasteiger partial charge in [-0.1, -0.05) is 36.4 Å². The molecule has 29 heavy (non-hydrogen) atoms. The number of nitro benzene ring substituents is 1. The van der Waals surface area contributed by atoms with Crippen molar-refractivity contribution in [3.8, 4) is 0 Å². The van der Waals surface area contributed by atoms with Crippen molar-refractivity contribution in [3.63, 3.8) is 0 Å². The Kier molecular flexibility index (Phi) is 4.78. The average Bonchev–Trinajstić information content (AvgIpc) is 2.74. The zero-order valence-corrected chi connectivity index (χ0v) is 15.2. The Morgan fingerprint density at radius 2 is 1.83 bits per heavy atom. The largest absolute Gasteiger partial charge is 0.454 e. The van der Waals surface area contributed by atoms with Crippen LogP contribution in [0.5, 0.6) is 0 Å². The zero-order chi connectivity index (χ0) is 20.4. The van der Waals surface area contributed by atoms with Crippen molar-refractivity contribution in [2.45, 2.75) is 12.5 Å². The number of hydrogen-bond acceptors (Lipinski definition) is 5. The molecule has 0 saturated heterocycles. The van der Waals surface area contributed by atoms with Crippen LogP contribution in [0.15, 0.2) is 72.8 Å². The summed E-state index contributed by atoms with van der Waals surface area (Å²) < 4.78 is 5.53. The topological polar surface area (TPSA) is 98.5 Å². The maximum absolute atomic E-state index is 12.6. The van der Waals surface area contributed by atoms with Crippen molar-refractivity contribution in [1.82, 2.24) is 0 Å². The minimum atomic E-state index is -0.524. The van der Waals surface area contributed by atoms with Gasteiger partial charge in [0.2, 0.25) is 0 Å². The van der Waals surface area contributed by atoms with E-state index in [4.69, 9.17) is 4.74 Å². The van der Waals surface area contributed by atoms with Gasteiger partial charge < -0.3 is 10.1 Å². The van der Waals surface area contributed by atoms with Crippen LogP contribution >= 0.6 is 0 Å². The van der Waals surface area contributed by atoms with Crippen LogP contribution in [0.4, 0.5) is 11.4 Å². The number of nitrogens with one attached hydrogen (secondary N) is 1. The van der Waals surface area contributed by atoms with E-state index in [9.17, 15) is 19.7 Å². The van der Waals surface area contributed by atoms with Crippen molar-refractivity contribution in [2.75, 3.05) is 5.32 Å². The smallest absolute Gasteiger partial charge is 0.339 e. The molecule has 7 heteroatoms. The van der Waals surface area contributed by atoms with E-state index in [1.807, 2.05) is 30.3 Å². The number of carbonyl (C=O) groups is 2. The van der Waals surface area contributed by atoms with Crippen LogP contribution in [0.25, 0.3) is 0 Å². The lowest BCUT2D eigenvalue weighted by molar-refractivity contribution is -0.384. The van der Waals surface area contributed by atoms with Crippen LogP contribution in [-0.4, -0.2) is 16.8 Å². The number of ether oxygens (including phenoxy) is 1. The first-order chi connectivity index (χ1) is 14.0. The van der Waals surface area contributed by atoms with Crippen LogP contribution in [0, 0.1) is 10.1 Å². The Labute approximate surface area is 166 Å². The third kappa shape index (κ3) is 3.84. The number of hydrogen-bond donors (Lipinski definition) is 1. The first kappa shape index (κ1) is 18.4. The molecule has 4 rings (SSSR count). The highest BCUT2D eigenvalue weighted by Crippen LogP contribution is 2.31. The van der Waals surface area contributed by atoms with Gasteiger partial charge >= 0.3 is 5.97 Å². The standard InChI is InChI=1S/C22H16N2O5/c25-21(23-17-7-4-8-18(13-17)24(27)28)15-9-10-19-16(11-15)12-20(29-22(19)26)14-5-2-1-3-6-14/h1-11,13,20H,12H2,(H,23,25). The predicted molar refractivity (Wildman–Crippen MR) is 106 cm³/mol. The van der Waals surface area contributed by atoms with E-state index < -0.39 is 22.9 Å². The molecule has 0 aliphatic carbocycles.